The first kappa shape index (κ1) is 7.53. The molecule has 3 heteroatoms. The predicted octanol–water partition coefficient (Wildman–Crippen LogP) is 0.996. The smallest absolute Gasteiger partial charge is 0.201 e. The number of Topliss-reactive ketones (excluding diaryl/α,β-unsaturated/α-hetero) is 2. The molecular weight excluding hydrogens is 156 g/mol. The minimum Gasteiger partial charge on any atom is -0.505 e. The average Bonchev–Trinajstić information content (AvgIpc) is 2.38. The van der Waals surface area contributed by atoms with Crippen molar-refractivity contribution in [2.45, 2.75) is 19.8 Å². The summed E-state index contributed by atoms with van der Waals surface area (Å²) in [6.07, 6.45) is 2.47. The normalized spacial score (nSPS) is 40.1. The van der Waals surface area contributed by atoms with E-state index < -0.39 is 5.41 Å². The third-order valence-electron chi connectivity index (χ3n) is 2.99. The Labute approximate surface area is 70.1 Å². The van der Waals surface area contributed by atoms with Gasteiger partial charge in [0.05, 0.1) is 5.41 Å². The minimum atomic E-state index is -0.693. The van der Waals surface area contributed by atoms with Crippen molar-refractivity contribution in [3.8, 4) is 0 Å². The number of carbonyl (C=O) groups is 2. The lowest BCUT2D eigenvalue weighted by Crippen LogP contribution is -2.26. The summed E-state index contributed by atoms with van der Waals surface area (Å²) in [5, 5.41) is 9.15. The Morgan fingerprint density at radius 2 is 2.25 bits per heavy atom. The van der Waals surface area contributed by atoms with Crippen molar-refractivity contribution < 1.29 is 14.7 Å². The van der Waals surface area contributed by atoms with Crippen molar-refractivity contribution in [2.75, 3.05) is 0 Å². The van der Waals surface area contributed by atoms with Crippen LogP contribution in [-0.2, 0) is 9.59 Å². The molecule has 0 aromatic heterocycles. The summed E-state index contributed by atoms with van der Waals surface area (Å²) in [6, 6.07) is 0. The highest BCUT2D eigenvalue weighted by atomic mass is 16.3. The number of rotatable bonds is 0. The van der Waals surface area contributed by atoms with Crippen molar-refractivity contribution in [3.63, 3.8) is 0 Å². The van der Waals surface area contributed by atoms with Crippen LogP contribution in [0.4, 0.5) is 0 Å². The van der Waals surface area contributed by atoms with Crippen LogP contribution < -0.4 is 0 Å². The Balaban J connectivity index is 2.49. The molecule has 1 saturated carbocycles. The molecule has 3 nitrogen and oxygen atoms in total. The van der Waals surface area contributed by atoms with Gasteiger partial charge in [-0.15, -0.1) is 0 Å². The lowest BCUT2D eigenvalue weighted by atomic mass is 9.82. The van der Waals surface area contributed by atoms with Crippen LogP contribution in [0.15, 0.2) is 11.8 Å². The van der Waals surface area contributed by atoms with Gasteiger partial charge in [0.2, 0.25) is 5.78 Å². The van der Waals surface area contributed by atoms with Crippen molar-refractivity contribution in [2.24, 2.45) is 11.3 Å². The summed E-state index contributed by atoms with van der Waals surface area (Å²) in [4.78, 5) is 22.6. The van der Waals surface area contributed by atoms with E-state index in [1.165, 1.54) is 6.08 Å². The van der Waals surface area contributed by atoms with Gasteiger partial charge in [0.25, 0.3) is 0 Å². The molecule has 1 fully saturated rings. The highest BCUT2D eigenvalue weighted by molar-refractivity contribution is 6.07. The van der Waals surface area contributed by atoms with Gasteiger partial charge in [-0.3, -0.25) is 9.59 Å². The number of carbonyl (C=O) groups excluding carboxylic acids is 2. The van der Waals surface area contributed by atoms with Gasteiger partial charge in [-0.1, -0.05) is 0 Å². The zero-order chi connectivity index (χ0) is 8.93. The third kappa shape index (κ3) is 0.661. The van der Waals surface area contributed by atoms with Crippen molar-refractivity contribution in [3.05, 3.63) is 11.8 Å². The number of hydrogen-bond donors (Lipinski definition) is 1. The van der Waals surface area contributed by atoms with Crippen LogP contribution in [0.1, 0.15) is 19.8 Å². The van der Waals surface area contributed by atoms with Crippen LogP contribution in [-0.4, -0.2) is 16.7 Å². The topological polar surface area (TPSA) is 54.4 Å². The monoisotopic (exact) mass is 166 g/mol. The maximum absolute atomic E-state index is 11.4. The van der Waals surface area contributed by atoms with E-state index in [4.69, 9.17) is 5.11 Å². The lowest BCUT2D eigenvalue weighted by Gasteiger charge is -2.17. The summed E-state index contributed by atoms with van der Waals surface area (Å²) in [7, 11) is 0. The van der Waals surface area contributed by atoms with Gasteiger partial charge in [0.15, 0.2) is 5.76 Å². The van der Waals surface area contributed by atoms with Gasteiger partial charge >= 0.3 is 0 Å². The molecule has 0 unspecified atom stereocenters. The third-order valence-corrected chi connectivity index (χ3v) is 2.99. The van der Waals surface area contributed by atoms with E-state index in [0.29, 0.717) is 12.8 Å². The molecule has 12 heavy (non-hydrogen) atoms. The SMILES string of the molecule is C[C@]12C=C(O)C(=O)[C@H]1CCC2=O. The Bertz CT molecular complexity index is 303. The fourth-order valence-electron chi connectivity index (χ4n) is 2.16. The quantitative estimate of drug-likeness (QED) is 0.584. The number of hydrogen-bond acceptors (Lipinski definition) is 3. The first-order valence-corrected chi connectivity index (χ1v) is 4.05. The maximum Gasteiger partial charge on any atom is 0.201 e. The molecular formula is C9H10O3. The number of allylic oxidation sites excluding steroid dienone is 2. The largest absolute Gasteiger partial charge is 0.505 e. The molecule has 0 spiro atoms. The minimum absolute atomic E-state index is 0.0740. The zero-order valence-electron chi connectivity index (χ0n) is 6.83. The Morgan fingerprint density at radius 1 is 1.58 bits per heavy atom. The van der Waals surface area contributed by atoms with Gasteiger partial charge in [0.1, 0.15) is 5.78 Å². The van der Waals surface area contributed by atoms with Crippen LogP contribution in [0.3, 0.4) is 0 Å². The molecule has 1 N–H and O–H groups in total. The summed E-state index contributed by atoms with van der Waals surface area (Å²) < 4.78 is 0. The Morgan fingerprint density at radius 3 is 2.83 bits per heavy atom. The van der Waals surface area contributed by atoms with Crippen LogP contribution in [0.2, 0.25) is 0 Å². The molecule has 64 valence electrons. The standard InChI is InChI=1S/C9H10O3/c1-9-4-6(10)8(12)5(9)2-3-7(9)11/h4-5,10H,2-3H2,1H3/t5-,9+/m1/s1. The van der Waals surface area contributed by atoms with Gasteiger partial charge in [0, 0.05) is 12.3 Å². The van der Waals surface area contributed by atoms with E-state index in [2.05, 4.69) is 0 Å². The average molecular weight is 166 g/mol. The number of fused-ring (bicyclic) bond motifs is 1. The second-order valence-electron chi connectivity index (χ2n) is 3.69. The van der Waals surface area contributed by atoms with Crippen molar-refractivity contribution in [1.29, 1.82) is 0 Å². The summed E-state index contributed by atoms with van der Waals surface area (Å²) in [6.45, 7) is 1.73. The van der Waals surface area contributed by atoms with E-state index in [9.17, 15) is 9.59 Å². The number of aliphatic hydroxyl groups excluding tert-OH is 1. The highest BCUT2D eigenvalue weighted by Crippen LogP contribution is 2.47. The summed E-state index contributed by atoms with van der Waals surface area (Å²) in [5.41, 5.74) is -0.693. The van der Waals surface area contributed by atoms with Crippen molar-refractivity contribution in [1.82, 2.24) is 0 Å². The fraction of sp³-hybridized carbons (Fsp3) is 0.556. The van der Waals surface area contributed by atoms with Gasteiger partial charge < -0.3 is 5.11 Å². The number of ketones is 2. The van der Waals surface area contributed by atoms with E-state index in [0.717, 1.165) is 0 Å². The van der Waals surface area contributed by atoms with E-state index in [-0.39, 0.29) is 23.2 Å². The van der Waals surface area contributed by atoms with Gasteiger partial charge in [-0.05, 0) is 19.4 Å². The first-order chi connectivity index (χ1) is 5.55. The second kappa shape index (κ2) is 1.97. The van der Waals surface area contributed by atoms with Crippen LogP contribution in [0.5, 0.6) is 0 Å². The predicted molar refractivity (Wildman–Crippen MR) is 41.6 cm³/mol. The van der Waals surface area contributed by atoms with Gasteiger partial charge in [-0.2, -0.15) is 0 Å². The van der Waals surface area contributed by atoms with Crippen LogP contribution in [0.25, 0.3) is 0 Å². The second-order valence-corrected chi connectivity index (χ2v) is 3.69. The van der Waals surface area contributed by atoms with Crippen LogP contribution >= 0.6 is 0 Å². The molecule has 0 aromatic carbocycles. The molecule has 0 bridgehead atoms. The molecule has 2 atom stereocenters. The number of aliphatic hydroxyl groups is 1. The van der Waals surface area contributed by atoms with Crippen LogP contribution in [0, 0.1) is 11.3 Å². The molecule has 0 heterocycles. The Hall–Kier alpha value is -1.12. The molecule has 2 aliphatic carbocycles. The Kier molecular flexibility index (Phi) is 1.24. The molecule has 0 aliphatic heterocycles. The summed E-state index contributed by atoms with van der Waals surface area (Å²) in [5.74, 6) is -0.700. The molecule has 2 aliphatic rings. The lowest BCUT2D eigenvalue weighted by molar-refractivity contribution is -0.128. The summed E-state index contributed by atoms with van der Waals surface area (Å²) >= 11 is 0. The first-order valence-electron chi connectivity index (χ1n) is 4.05. The molecule has 2 rings (SSSR count). The molecule has 0 saturated heterocycles. The zero-order valence-corrected chi connectivity index (χ0v) is 6.83. The fourth-order valence-corrected chi connectivity index (χ4v) is 2.16. The van der Waals surface area contributed by atoms with E-state index in [1.807, 2.05) is 0 Å². The van der Waals surface area contributed by atoms with Crippen molar-refractivity contribution >= 4 is 11.6 Å². The van der Waals surface area contributed by atoms with E-state index >= 15 is 0 Å². The highest BCUT2D eigenvalue weighted by Gasteiger charge is 2.53. The molecule has 0 radical (unpaired) electrons. The maximum atomic E-state index is 11.4. The molecule has 0 amide bonds. The van der Waals surface area contributed by atoms with E-state index in [1.54, 1.807) is 6.92 Å². The molecule has 0 aromatic rings. The van der Waals surface area contributed by atoms with Gasteiger partial charge in [-0.25, -0.2) is 0 Å².